The van der Waals surface area contributed by atoms with E-state index in [1.54, 1.807) is 0 Å². The van der Waals surface area contributed by atoms with Gasteiger partial charge in [0.05, 0.1) is 12.2 Å². The van der Waals surface area contributed by atoms with E-state index in [4.69, 9.17) is 4.74 Å². The highest BCUT2D eigenvalue weighted by Crippen LogP contribution is 2.45. The molecule has 1 N–H and O–H groups in total. The van der Waals surface area contributed by atoms with Gasteiger partial charge in [0.15, 0.2) is 0 Å². The second-order valence-electron chi connectivity index (χ2n) is 6.38. The topological polar surface area (TPSA) is 21.3 Å². The molecule has 2 nitrogen and oxygen atoms in total. The summed E-state index contributed by atoms with van der Waals surface area (Å²) in [5.74, 6) is 0.620. The Morgan fingerprint density at radius 1 is 1.14 bits per heavy atom. The number of fused-ring (bicyclic) bond motifs is 3. The van der Waals surface area contributed by atoms with Crippen molar-refractivity contribution < 1.29 is 4.74 Å². The van der Waals surface area contributed by atoms with Crippen molar-refractivity contribution in [2.75, 3.05) is 6.54 Å². The van der Waals surface area contributed by atoms with Crippen molar-refractivity contribution in [1.29, 1.82) is 0 Å². The molecule has 2 heterocycles. The first-order valence-corrected chi connectivity index (χ1v) is 8.23. The summed E-state index contributed by atoms with van der Waals surface area (Å²) in [6.07, 6.45) is 4.68. The van der Waals surface area contributed by atoms with Gasteiger partial charge in [0, 0.05) is 12.0 Å². The molecule has 0 radical (unpaired) electrons. The number of benzene rings is 2. The SMILES string of the molecule is CCNC(c1cccc2ccccc12)C1CC2CCC1O2. The van der Waals surface area contributed by atoms with Crippen molar-refractivity contribution in [2.45, 2.75) is 44.4 Å². The van der Waals surface area contributed by atoms with Crippen LogP contribution >= 0.6 is 0 Å². The summed E-state index contributed by atoms with van der Waals surface area (Å²) in [6, 6.07) is 15.8. The molecule has 2 heteroatoms. The summed E-state index contributed by atoms with van der Waals surface area (Å²) in [5.41, 5.74) is 1.44. The van der Waals surface area contributed by atoms with Crippen molar-refractivity contribution in [3.05, 3.63) is 48.0 Å². The third kappa shape index (κ3) is 2.27. The Labute approximate surface area is 126 Å². The van der Waals surface area contributed by atoms with Crippen molar-refractivity contribution in [3.63, 3.8) is 0 Å². The van der Waals surface area contributed by atoms with Gasteiger partial charge >= 0.3 is 0 Å². The Balaban J connectivity index is 1.76. The standard InChI is InChI=1S/C19H23NO/c1-2-20-19(17-12-14-10-11-18(17)21-14)16-9-5-7-13-6-3-4-8-15(13)16/h3-9,14,17-20H,2,10-12H2,1H3. The van der Waals surface area contributed by atoms with Crippen LogP contribution in [0.5, 0.6) is 0 Å². The van der Waals surface area contributed by atoms with E-state index in [9.17, 15) is 0 Å². The first-order valence-electron chi connectivity index (χ1n) is 8.23. The highest BCUT2D eigenvalue weighted by molar-refractivity contribution is 5.86. The number of hydrogen-bond donors (Lipinski definition) is 1. The van der Waals surface area contributed by atoms with Crippen LogP contribution in [-0.4, -0.2) is 18.8 Å². The van der Waals surface area contributed by atoms with Crippen LogP contribution in [-0.2, 0) is 4.74 Å². The van der Waals surface area contributed by atoms with Crippen LogP contribution in [0.25, 0.3) is 10.8 Å². The summed E-state index contributed by atoms with van der Waals surface area (Å²) in [7, 11) is 0. The van der Waals surface area contributed by atoms with Crippen LogP contribution < -0.4 is 5.32 Å². The molecule has 2 fully saturated rings. The van der Waals surface area contributed by atoms with E-state index in [2.05, 4.69) is 54.7 Å². The molecule has 2 aromatic rings. The summed E-state index contributed by atoms with van der Waals surface area (Å²) >= 11 is 0. The lowest BCUT2D eigenvalue weighted by Crippen LogP contribution is -2.33. The van der Waals surface area contributed by atoms with Crippen molar-refractivity contribution >= 4 is 10.8 Å². The lowest BCUT2D eigenvalue weighted by Gasteiger charge is -2.30. The van der Waals surface area contributed by atoms with Crippen LogP contribution in [0.1, 0.15) is 37.8 Å². The Morgan fingerprint density at radius 2 is 2.00 bits per heavy atom. The van der Waals surface area contributed by atoms with E-state index in [0.29, 0.717) is 24.2 Å². The number of ether oxygens (including phenoxy) is 1. The fourth-order valence-electron chi connectivity index (χ4n) is 4.26. The maximum atomic E-state index is 6.11. The molecule has 2 aliphatic heterocycles. The average Bonchev–Trinajstić information content (AvgIpc) is 3.15. The molecular weight excluding hydrogens is 258 g/mol. The molecule has 4 unspecified atom stereocenters. The first-order chi connectivity index (χ1) is 10.4. The zero-order chi connectivity index (χ0) is 14.2. The molecule has 2 aromatic carbocycles. The van der Waals surface area contributed by atoms with Crippen LogP contribution in [0.3, 0.4) is 0 Å². The van der Waals surface area contributed by atoms with Crippen LogP contribution in [0.4, 0.5) is 0 Å². The monoisotopic (exact) mass is 281 g/mol. The van der Waals surface area contributed by atoms with E-state index in [0.717, 1.165) is 6.54 Å². The van der Waals surface area contributed by atoms with Gasteiger partial charge < -0.3 is 10.1 Å². The van der Waals surface area contributed by atoms with Gasteiger partial charge in [0.25, 0.3) is 0 Å². The van der Waals surface area contributed by atoms with Gasteiger partial charge in [-0.05, 0) is 42.1 Å². The molecule has 2 bridgehead atoms. The molecule has 4 atom stereocenters. The van der Waals surface area contributed by atoms with Gasteiger partial charge in [-0.15, -0.1) is 0 Å². The molecule has 21 heavy (non-hydrogen) atoms. The zero-order valence-electron chi connectivity index (χ0n) is 12.6. The lowest BCUT2D eigenvalue weighted by molar-refractivity contribution is 0.0859. The zero-order valence-corrected chi connectivity index (χ0v) is 12.6. The molecular formula is C19H23NO. The second-order valence-corrected chi connectivity index (χ2v) is 6.38. The summed E-state index contributed by atoms with van der Waals surface area (Å²) in [4.78, 5) is 0. The highest BCUT2D eigenvalue weighted by Gasteiger charge is 2.44. The maximum absolute atomic E-state index is 6.11. The summed E-state index contributed by atoms with van der Waals surface area (Å²) in [6.45, 7) is 3.20. The Morgan fingerprint density at radius 3 is 2.76 bits per heavy atom. The van der Waals surface area contributed by atoms with Crippen molar-refractivity contribution in [2.24, 2.45) is 5.92 Å². The van der Waals surface area contributed by atoms with Crippen molar-refractivity contribution in [3.8, 4) is 0 Å². The summed E-state index contributed by atoms with van der Waals surface area (Å²) < 4.78 is 6.11. The minimum Gasteiger partial charge on any atom is -0.375 e. The van der Waals surface area contributed by atoms with Crippen LogP contribution in [0.2, 0.25) is 0 Å². The third-order valence-electron chi connectivity index (χ3n) is 5.16. The van der Waals surface area contributed by atoms with E-state index >= 15 is 0 Å². The fraction of sp³-hybridized carbons (Fsp3) is 0.474. The molecule has 0 spiro atoms. The van der Waals surface area contributed by atoms with E-state index in [1.165, 1.54) is 35.6 Å². The minimum absolute atomic E-state index is 0.413. The predicted octanol–water partition coefficient (Wildman–Crippen LogP) is 4.06. The third-order valence-corrected chi connectivity index (χ3v) is 5.16. The van der Waals surface area contributed by atoms with E-state index in [-0.39, 0.29) is 0 Å². The molecule has 110 valence electrons. The fourth-order valence-corrected chi connectivity index (χ4v) is 4.26. The normalized spacial score (nSPS) is 29.1. The molecule has 2 aliphatic rings. The molecule has 0 amide bonds. The lowest BCUT2D eigenvalue weighted by atomic mass is 9.80. The largest absolute Gasteiger partial charge is 0.375 e. The molecule has 2 saturated heterocycles. The number of nitrogens with one attached hydrogen (secondary N) is 1. The average molecular weight is 281 g/mol. The molecule has 0 saturated carbocycles. The van der Waals surface area contributed by atoms with Crippen molar-refractivity contribution in [1.82, 2.24) is 5.32 Å². The van der Waals surface area contributed by atoms with Gasteiger partial charge in [0.2, 0.25) is 0 Å². The van der Waals surface area contributed by atoms with Gasteiger partial charge in [-0.1, -0.05) is 49.4 Å². The molecule has 0 aliphatic carbocycles. The van der Waals surface area contributed by atoms with Crippen LogP contribution in [0, 0.1) is 5.92 Å². The maximum Gasteiger partial charge on any atom is 0.0627 e. The predicted molar refractivity (Wildman–Crippen MR) is 86.4 cm³/mol. The second kappa shape index (κ2) is 5.43. The molecule has 4 rings (SSSR count). The van der Waals surface area contributed by atoms with Gasteiger partial charge in [-0.2, -0.15) is 0 Å². The smallest absolute Gasteiger partial charge is 0.0627 e. The Hall–Kier alpha value is -1.38. The first kappa shape index (κ1) is 13.3. The van der Waals surface area contributed by atoms with Gasteiger partial charge in [0.1, 0.15) is 0 Å². The van der Waals surface area contributed by atoms with Crippen LogP contribution in [0.15, 0.2) is 42.5 Å². The summed E-state index contributed by atoms with van der Waals surface area (Å²) in [5, 5.41) is 6.46. The minimum atomic E-state index is 0.413. The number of rotatable bonds is 4. The highest BCUT2D eigenvalue weighted by atomic mass is 16.5. The van der Waals surface area contributed by atoms with Gasteiger partial charge in [-0.25, -0.2) is 0 Å². The molecule has 0 aromatic heterocycles. The van der Waals surface area contributed by atoms with Gasteiger partial charge in [-0.3, -0.25) is 0 Å². The number of hydrogen-bond acceptors (Lipinski definition) is 2. The van der Waals surface area contributed by atoms with E-state index < -0.39 is 0 Å². The quantitative estimate of drug-likeness (QED) is 0.912. The Kier molecular flexibility index (Phi) is 3.44. The Bertz CT molecular complexity index is 633. The van der Waals surface area contributed by atoms with E-state index in [1.807, 2.05) is 0 Å².